The second kappa shape index (κ2) is 11.7. The van der Waals surface area contributed by atoms with Gasteiger partial charge in [-0.05, 0) is 46.1 Å². The van der Waals surface area contributed by atoms with Crippen LogP contribution in [0.4, 0.5) is 0 Å². The second-order valence-electron chi connectivity index (χ2n) is 7.38. The van der Waals surface area contributed by atoms with Gasteiger partial charge in [-0.1, -0.05) is 6.42 Å². The van der Waals surface area contributed by atoms with Crippen molar-refractivity contribution >= 4 is 23.7 Å². The number of nitrogens with zero attached hydrogens (tertiary/aromatic N) is 1. The zero-order valence-electron chi connectivity index (χ0n) is 17.0. The molecule has 1 rings (SSSR count). The number of carboxylic acid groups (broad SMARTS) is 1. The zero-order valence-corrected chi connectivity index (χ0v) is 17.0. The minimum absolute atomic E-state index is 0.235. The van der Waals surface area contributed by atoms with Gasteiger partial charge in [-0.2, -0.15) is 0 Å². The normalized spacial score (nSPS) is 20.4. The smallest absolute Gasteiger partial charge is 0.326 e. The van der Waals surface area contributed by atoms with Crippen LogP contribution >= 0.6 is 0 Å². The molecule has 1 saturated heterocycles. The van der Waals surface area contributed by atoms with Crippen molar-refractivity contribution in [3.8, 4) is 0 Å². The average molecular weight is 415 g/mol. The summed E-state index contributed by atoms with van der Waals surface area (Å²) in [6.07, 6.45) is 1.45. The van der Waals surface area contributed by atoms with Crippen molar-refractivity contribution in [1.82, 2.24) is 15.5 Å². The number of rotatable bonds is 11. The van der Waals surface area contributed by atoms with E-state index < -0.39 is 54.0 Å². The van der Waals surface area contributed by atoms with E-state index in [1.807, 2.05) is 0 Å². The Morgan fingerprint density at radius 1 is 1.14 bits per heavy atom. The molecule has 0 aromatic carbocycles. The van der Waals surface area contributed by atoms with Crippen molar-refractivity contribution in [3.63, 3.8) is 0 Å². The first-order chi connectivity index (χ1) is 13.6. The predicted molar refractivity (Wildman–Crippen MR) is 104 cm³/mol. The molecule has 0 spiro atoms. The molecule has 5 unspecified atom stereocenters. The first kappa shape index (κ1) is 24.8. The third-order valence-corrected chi connectivity index (χ3v) is 4.93. The second-order valence-corrected chi connectivity index (χ2v) is 7.38. The maximum Gasteiger partial charge on any atom is 0.326 e. The molecule has 29 heavy (non-hydrogen) atoms. The van der Waals surface area contributed by atoms with Crippen LogP contribution in [0.3, 0.4) is 0 Å². The maximum absolute atomic E-state index is 12.7. The summed E-state index contributed by atoms with van der Waals surface area (Å²) in [4.78, 5) is 49.7. The van der Waals surface area contributed by atoms with Crippen LogP contribution < -0.4 is 22.1 Å². The number of unbranched alkanes of at least 4 members (excludes halogenated alkanes) is 1. The lowest BCUT2D eigenvalue weighted by Gasteiger charge is -2.29. The van der Waals surface area contributed by atoms with E-state index in [1.54, 1.807) is 0 Å². The van der Waals surface area contributed by atoms with Crippen LogP contribution in [0.1, 0.15) is 46.0 Å². The highest BCUT2D eigenvalue weighted by Gasteiger charge is 2.39. The Balaban J connectivity index is 2.68. The molecule has 11 nitrogen and oxygen atoms in total. The van der Waals surface area contributed by atoms with Crippen molar-refractivity contribution in [2.24, 2.45) is 11.5 Å². The molecule has 0 radical (unpaired) electrons. The topological polar surface area (TPSA) is 188 Å². The molecule has 3 amide bonds. The third kappa shape index (κ3) is 7.26. The number of aliphatic carboxylic acids is 1. The lowest BCUT2D eigenvalue weighted by Crippen LogP contribution is -2.59. The molecule has 1 heterocycles. The molecule has 0 aromatic heterocycles. The van der Waals surface area contributed by atoms with Gasteiger partial charge < -0.3 is 37.2 Å². The molecule has 0 aliphatic carbocycles. The summed E-state index contributed by atoms with van der Waals surface area (Å²) < 4.78 is 0. The SMILES string of the molecule is CC(NC(=O)C(N)CCCCN)C(=O)NC(C(=O)N1CCCC1C(=O)O)C(C)O. The molecule has 8 N–H and O–H groups in total. The molecule has 1 fully saturated rings. The first-order valence-corrected chi connectivity index (χ1v) is 9.87. The number of carboxylic acids is 1. The maximum atomic E-state index is 12.7. The summed E-state index contributed by atoms with van der Waals surface area (Å²) in [6, 6.07) is -4.08. The van der Waals surface area contributed by atoms with E-state index in [4.69, 9.17) is 11.5 Å². The summed E-state index contributed by atoms with van der Waals surface area (Å²) in [7, 11) is 0. The van der Waals surface area contributed by atoms with Gasteiger partial charge in [-0.3, -0.25) is 14.4 Å². The highest BCUT2D eigenvalue weighted by molar-refractivity contribution is 5.94. The molecule has 11 heteroatoms. The van der Waals surface area contributed by atoms with Gasteiger partial charge in [0.05, 0.1) is 12.1 Å². The van der Waals surface area contributed by atoms with E-state index in [1.165, 1.54) is 13.8 Å². The standard InChI is InChI=1S/C18H33N5O6/c1-10(21-16(26)12(20)6-3-4-8-19)15(25)22-14(11(2)24)17(27)23-9-5-7-13(23)18(28)29/h10-14,24H,3-9,19-20H2,1-2H3,(H,21,26)(H,22,25)(H,28,29). The van der Waals surface area contributed by atoms with E-state index in [-0.39, 0.29) is 6.54 Å². The van der Waals surface area contributed by atoms with Crippen LogP contribution in [-0.2, 0) is 19.2 Å². The Morgan fingerprint density at radius 2 is 1.79 bits per heavy atom. The fraction of sp³-hybridized carbons (Fsp3) is 0.778. The van der Waals surface area contributed by atoms with Crippen LogP contribution in [0.15, 0.2) is 0 Å². The third-order valence-electron chi connectivity index (χ3n) is 4.93. The predicted octanol–water partition coefficient (Wildman–Crippen LogP) is -2.11. The number of hydrogen-bond acceptors (Lipinski definition) is 7. The van der Waals surface area contributed by atoms with Crippen molar-refractivity contribution in [1.29, 1.82) is 0 Å². The number of nitrogens with two attached hydrogens (primary N) is 2. The van der Waals surface area contributed by atoms with Gasteiger partial charge in [-0.15, -0.1) is 0 Å². The van der Waals surface area contributed by atoms with E-state index in [9.17, 15) is 29.4 Å². The summed E-state index contributed by atoms with van der Waals surface area (Å²) in [5.74, 6) is -2.99. The fourth-order valence-electron chi connectivity index (χ4n) is 3.16. The number of likely N-dealkylation sites (tertiary alicyclic amines) is 1. The first-order valence-electron chi connectivity index (χ1n) is 9.87. The van der Waals surface area contributed by atoms with Crippen LogP contribution in [0.25, 0.3) is 0 Å². The lowest BCUT2D eigenvalue weighted by molar-refractivity contribution is -0.150. The number of carbonyl (C=O) groups is 4. The molecule has 0 aromatic rings. The highest BCUT2D eigenvalue weighted by Crippen LogP contribution is 2.19. The number of nitrogens with one attached hydrogen (secondary N) is 2. The molecule has 1 aliphatic heterocycles. The number of aliphatic hydroxyl groups excluding tert-OH is 1. The fourth-order valence-corrected chi connectivity index (χ4v) is 3.16. The van der Waals surface area contributed by atoms with Crippen molar-refractivity contribution in [2.45, 2.75) is 76.2 Å². The van der Waals surface area contributed by atoms with Gasteiger partial charge in [0.15, 0.2) is 0 Å². The number of amides is 3. The zero-order chi connectivity index (χ0) is 22.1. The monoisotopic (exact) mass is 415 g/mol. The van der Waals surface area contributed by atoms with E-state index in [0.29, 0.717) is 32.2 Å². The van der Waals surface area contributed by atoms with Gasteiger partial charge in [0.1, 0.15) is 18.1 Å². The van der Waals surface area contributed by atoms with Crippen molar-refractivity contribution in [3.05, 3.63) is 0 Å². The van der Waals surface area contributed by atoms with Gasteiger partial charge in [0, 0.05) is 6.54 Å². The average Bonchev–Trinajstić information content (AvgIpc) is 3.15. The number of aliphatic hydroxyl groups is 1. The van der Waals surface area contributed by atoms with Crippen molar-refractivity contribution in [2.75, 3.05) is 13.1 Å². The van der Waals surface area contributed by atoms with Crippen LogP contribution in [-0.4, -0.2) is 82.2 Å². The molecule has 166 valence electrons. The largest absolute Gasteiger partial charge is 0.480 e. The summed E-state index contributed by atoms with van der Waals surface area (Å²) in [5, 5.41) is 24.1. The molecular formula is C18H33N5O6. The summed E-state index contributed by atoms with van der Waals surface area (Å²) >= 11 is 0. The Hall–Kier alpha value is -2.24. The van der Waals surface area contributed by atoms with Gasteiger partial charge in [0.25, 0.3) is 0 Å². The van der Waals surface area contributed by atoms with Gasteiger partial charge in [0.2, 0.25) is 17.7 Å². The summed E-state index contributed by atoms with van der Waals surface area (Å²) in [6.45, 7) is 3.49. The lowest BCUT2D eigenvalue weighted by atomic mass is 10.1. The Kier molecular flexibility index (Phi) is 9.99. The Labute approximate surface area is 170 Å². The van der Waals surface area contributed by atoms with E-state index in [2.05, 4.69) is 10.6 Å². The van der Waals surface area contributed by atoms with E-state index >= 15 is 0 Å². The number of carbonyl (C=O) groups excluding carboxylic acids is 3. The van der Waals surface area contributed by atoms with Crippen LogP contribution in [0, 0.1) is 0 Å². The molecular weight excluding hydrogens is 382 g/mol. The quantitative estimate of drug-likeness (QED) is 0.207. The van der Waals surface area contributed by atoms with Gasteiger partial charge in [-0.25, -0.2) is 4.79 Å². The molecule has 5 atom stereocenters. The highest BCUT2D eigenvalue weighted by atomic mass is 16.4. The Bertz CT molecular complexity index is 599. The van der Waals surface area contributed by atoms with Crippen molar-refractivity contribution < 1.29 is 29.4 Å². The molecule has 0 bridgehead atoms. The molecule has 1 aliphatic rings. The van der Waals surface area contributed by atoms with Gasteiger partial charge >= 0.3 is 5.97 Å². The Morgan fingerprint density at radius 3 is 2.34 bits per heavy atom. The summed E-state index contributed by atoms with van der Waals surface area (Å²) in [5.41, 5.74) is 11.2. The minimum Gasteiger partial charge on any atom is -0.480 e. The van der Waals surface area contributed by atoms with Crippen LogP contribution in [0.5, 0.6) is 0 Å². The van der Waals surface area contributed by atoms with E-state index in [0.717, 1.165) is 11.3 Å². The number of hydrogen-bond donors (Lipinski definition) is 6. The van der Waals surface area contributed by atoms with Crippen LogP contribution in [0.2, 0.25) is 0 Å². The molecule has 0 saturated carbocycles. The minimum atomic E-state index is -1.32.